The van der Waals surface area contributed by atoms with E-state index in [1.54, 1.807) is 21.9 Å². The number of amides is 4. The highest BCUT2D eigenvalue weighted by Gasteiger charge is 2.43. The van der Waals surface area contributed by atoms with Gasteiger partial charge in [0.1, 0.15) is 23.9 Å². The largest absolute Gasteiger partial charge is 0.350 e. The number of fused-ring (bicyclic) bond motifs is 1. The Labute approximate surface area is 274 Å². The van der Waals surface area contributed by atoms with Crippen molar-refractivity contribution in [1.29, 1.82) is 0 Å². The average molecular weight is 637 g/mol. The molecular formula is C38H41FN4O4. The first-order chi connectivity index (χ1) is 22.7. The molecule has 1 fully saturated rings. The van der Waals surface area contributed by atoms with Crippen LogP contribution in [0.3, 0.4) is 0 Å². The molecule has 244 valence electrons. The van der Waals surface area contributed by atoms with Crippen LogP contribution in [0.25, 0.3) is 10.8 Å². The molecule has 0 aliphatic carbocycles. The third kappa shape index (κ3) is 8.41. The van der Waals surface area contributed by atoms with E-state index in [1.165, 1.54) is 19.1 Å². The molecule has 1 aliphatic heterocycles. The van der Waals surface area contributed by atoms with E-state index in [0.29, 0.717) is 31.4 Å². The van der Waals surface area contributed by atoms with E-state index in [2.05, 4.69) is 10.6 Å². The Morgan fingerprint density at radius 1 is 0.830 bits per heavy atom. The minimum Gasteiger partial charge on any atom is -0.350 e. The Bertz CT molecular complexity index is 1710. The van der Waals surface area contributed by atoms with Crippen LogP contribution in [0.4, 0.5) is 4.39 Å². The van der Waals surface area contributed by atoms with Crippen LogP contribution in [0.15, 0.2) is 97.1 Å². The summed E-state index contributed by atoms with van der Waals surface area (Å²) in [6.45, 7) is 3.96. The lowest BCUT2D eigenvalue weighted by molar-refractivity contribution is -0.157. The van der Waals surface area contributed by atoms with Gasteiger partial charge in [-0.25, -0.2) is 4.39 Å². The minimum absolute atomic E-state index is 0.151. The number of hydrogen-bond acceptors (Lipinski definition) is 4. The predicted octanol–water partition coefficient (Wildman–Crippen LogP) is 4.79. The highest BCUT2D eigenvalue weighted by atomic mass is 19.1. The molecule has 1 saturated heterocycles. The van der Waals surface area contributed by atoms with Crippen molar-refractivity contribution in [2.75, 3.05) is 13.1 Å². The molecule has 4 aromatic rings. The van der Waals surface area contributed by atoms with E-state index in [1.807, 2.05) is 79.7 Å². The highest BCUT2D eigenvalue weighted by Crippen LogP contribution is 2.24. The van der Waals surface area contributed by atoms with Crippen LogP contribution < -0.4 is 10.6 Å². The van der Waals surface area contributed by atoms with Gasteiger partial charge in [0.15, 0.2) is 0 Å². The summed E-state index contributed by atoms with van der Waals surface area (Å²) in [4.78, 5) is 57.5. The number of piperazine rings is 1. The van der Waals surface area contributed by atoms with Crippen LogP contribution >= 0.6 is 0 Å². The van der Waals surface area contributed by atoms with E-state index in [9.17, 15) is 23.6 Å². The Hall–Kier alpha value is -5.05. The maximum absolute atomic E-state index is 14.3. The first-order valence-corrected chi connectivity index (χ1v) is 16.1. The third-order valence-corrected chi connectivity index (χ3v) is 8.63. The van der Waals surface area contributed by atoms with Crippen molar-refractivity contribution < 1.29 is 23.6 Å². The molecule has 4 amide bonds. The molecule has 0 bridgehead atoms. The first-order valence-electron chi connectivity index (χ1n) is 16.1. The molecule has 2 N–H and O–H groups in total. The summed E-state index contributed by atoms with van der Waals surface area (Å²) in [5.41, 5.74) is 2.55. The molecule has 0 aromatic heterocycles. The molecule has 47 heavy (non-hydrogen) atoms. The monoisotopic (exact) mass is 636 g/mol. The normalized spacial score (nSPS) is 16.1. The molecule has 3 unspecified atom stereocenters. The van der Waals surface area contributed by atoms with E-state index in [-0.39, 0.29) is 43.1 Å². The summed E-state index contributed by atoms with van der Waals surface area (Å²) < 4.78 is 13.5. The van der Waals surface area contributed by atoms with Crippen molar-refractivity contribution in [2.24, 2.45) is 0 Å². The van der Waals surface area contributed by atoms with E-state index in [0.717, 1.165) is 21.9 Å². The predicted molar refractivity (Wildman–Crippen MR) is 180 cm³/mol. The number of nitrogens with one attached hydrogen (secondary N) is 2. The van der Waals surface area contributed by atoms with Gasteiger partial charge in [-0.2, -0.15) is 0 Å². The maximum atomic E-state index is 14.3. The first kappa shape index (κ1) is 33.3. The van der Waals surface area contributed by atoms with Crippen LogP contribution in [0.2, 0.25) is 0 Å². The number of halogens is 1. The standard InChI is InChI=1S/C38H41FN4O4/c1-3-9-34-38(47)43(21-20-42(34)37(46)33(41-26(2)44)23-27-15-18-32(39)19-16-27)35(36(45)40-25-28-10-5-4-6-11-28)24-29-14-17-30-12-7-8-13-31(30)22-29/h4-8,10-19,22,33-35H,3,9,20-21,23-25H2,1-2H3,(H,40,45)(H,41,44). The Balaban J connectivity index is 1.40. The molecule has 1 heterocycles. The fourth-order valence-corrected chi connectivity index (χ4v) is 6.27. The maximum Gasteiger partial charge on any atom is 0.246 e. The molecule has 3 atom stereocenters. The molecular weight excluding hydrogens is 595 g/mol. The summed E-state index contributed by atoms with van der Waals surface area (Å²) in [6.07, 6.45) is 1.49. The summed E-state index contributed by atoms with van der Waals surface area (Å²) in [5.74, 6) is -1.72. The zero-order valence-electron chi connectivity index (χ0n) is 26.8. The minimum atomic E-state index is -0.931. The lowest BCUT2D eigenvalue weighted by Crippen LogP contribution is -2.65. The Morgan fingerprint density at radius 2 is 1.51 bits per heavy atom. The van der Waals surface area contributed by atoms with Gasteiger partial charge in [-0.3, -0.25) is 19.2 Å². The second-order valence-electron chi connectivity index (χ2n) is 12.1. The van der Waals surface area contributed by atoms with Gasteiger partial charge < -0.3 is 20.4 Å². The number of carbonyl (C=O) groups is 4. The molecule has 8 nitrogen and oxygen atoms in total. The Kier molecular flexibility index (Phi) is 11.0. The zero-order valence-corrected chi connectivity index (χ0v) is 26.8. The van der Waals surface area contributed by atoms with Crippen LogP contribution in [-0.2, 0) is 38.6 Å². The number of nitrogens with zero attached hydrogens (tertiary/aromatic N) is 2. The summed E-state index contributed by atoms with van der Waals surface area (Å²) in [7, 11) is 0. The van der Waals surface area contributed by atoms with E-state index in [4.69, 9.17) is 0 Å². The van der Waals surface area contributed by atoms with Crippen molar-refractivity contribution in [2.45, 2.75) is 64.2 Å². The van der Waals surface area contributed by atoms with E-state index < -0.39 is 23.9 Å². The van der Waals surface area contributed by atoms with Gasteiger partial charge in [-0.1, -0.05) is 98.3 Å². The fourth-order valence-electron chi connectivity index (χ4n) is 6.27. The van der Waals surface area contributed by atoms with Gasteiger partial charge in [0.2, 0.25) is 23.6 Å². The molecule has 0 radical (unpaired) electrons. The van der Waals surface area contributed by atoms with Crippen molar-refractivity contribution in [3.8, 4) is 0 Å². The SMILES string of the molecule is CCCC1C(=O)N(C(Cc2ccc3ccccc3c2)C(=O)NCc2ccccc2)CCN1C(=O)C(Cc1ccc(F)cc1)NC(C)=O. The molecule has 0 saturated carbocycles. The molecule has 4 aromatic carbocycles. The van der Waals surface area contributed by atoms with Crippen LogP contribution in [0.5, 0.6) is 0 Å². The van der Waals surface area contributed by atoms with Gasteiger partial charge >= 0.3 is 0 Å². The van der Waals surface area contributed by atoms with E-state index >= 15 is 0 Å². The van der Waals surface area contributed by atoms with Crippen molar-refractivity contribution in [3.63, 3.8) is 0 Å². The lowest BCUT2D eigenvalue weighted by Gasteiger charge is -2.44. The summed E-state index contributed by atoms with van der Waals surface area (Å²) >= 11 is 0. The topological polar surface area (TPSA) is 98.8 Å². The van der Waals surface area contributed by atoms with Crippen molar-refractivity contribution in [1.82, 2.24) is 20.4 Å². The summed E-state index contributed by atoms with van der Waals surface area (Å²) in [5, 5.41) is 7.91. The molecule has 1 aliphatic rings. The fraction of sp³-hybridized carbons (Fsp3) is 0.316. The third-order valence-electron chi connectivity index (χ3n) is 8.63. The van der Waals surface area contributed by atoms with Crippen LogP contribution in [0.1, 0.15) is 43.4 Å². The number of benzene rings is 4. The van der Waals surface area contributed by atoms with Gasteiger partial charge in [0.25, 0.3) is 0 Å². The number of rotatable bonds is 12. The highest BCUT2D eigenvalue weighted by molar-refractivity contribution is 5.95. The number of carbonyl (C=O) groups excluding carboxylic acids is 4. The second kappa shape index (κ2) is 15.5. The average Bonchev–Trinajstić information content (AvgIpc) is 3.08. The van der Waals surface area contributed by atoms with Gasteiger partial charge in [-0.05, 0) is 46.0 Å². The molecule has 9 heteroatoms. The Morgan fingerprint density at radius 3 is 2.21 bits per heavy atom. The van der Waals surface area contributed by atoms with Crippen LogP contribution in [0, 0.1) is 5.82 Å². The number of hydrogen-bond donors (Lipinski definition) is 2. The van der Waals surface area contributed by atoms with Gasteiger partial charge in [-0.15, -0.1) is 0 Å². The second-order valence-corrected chi connectivity index (χ2v) is 12.1. The zero-order chi connectivity index (χ0) is 33.3. The summed E-state index contributed by atoms with van der Waals surface area (Å²) in [6, 6.07) is 26.9. The quantitative estimate of drug-likeness (QED) is 0.234. The van der Waals surface area contributed by atoms with Crippen LogP contribution in [-0.4, -0.2) is 64.6 Å². The van der Waals surface area contributed by atoms with Crippen molar-refractivity contribution in [3.05, 3.63) is 120 Å². The lowest BCUT2D eigenvalue weighted by atomic mass is 9.96. The smallest absolute Gasteiger partial charge is 0.246 e. The van der Waals surface area contributed by atoms with Gasteiger partial charge in [0, 0.05) is 39.4 Å². The molecule has 0 spiro atoms. The molecule has 5 rings (SSSR count). The van der Waals surface area contributed by atoms with Gasteiger partial charge in [0.05, 0.1) is 0 Å². The van der Waals surface area contributed by atoms with Crippen molar-refractivity contribution >= 4 is 34.4 Å².